The van der Waals surface area contributed by atoms with E-state index >= 15 is 0 Å². The number of nitrogens with zero attached hydrogens (tertiary/aromatic N) is 2. The Balaban J connectivity index is 2.43. The Labute approximate surface area is 89.4 Å². The van der Waals surface area contributed by atoms with Crippen molar-refractivity contribution in [1.82, 2.24) is 9.97 Å². The molecule has 3 nitrogen and oxygen atoms in total. The van der Waals surface area contributed by atoms with Gasteiger partial charge in [0.15, 0.2) is 0 Å². The van der Waals surface area contributed by atoms with Crippen LogP contribution in [-0.4, -0.2) is 9.97 Å². The van der Waals surface area contributed by atoms with Crippen LogP contribution in [0.2, 0.25) is 0 Å². The van der Waals surface area contributed by atoms with Crippen molar-refractivity contribution in [2.24, 2.45) is 0 Å². The molecule has 0 saturated carbocycles. The predicted molar refractivity (Wildman–Crippen MR) is 62.6 cm³/mol. The van der Waals surface area contributed by atoms with Gasteiger partial charge in [0.1, 0.15) is 11.6 Å². The van der Waals surface area contributed by atoms with Gasteiger partial charge in [-0.2, -0.15) is 0 Å². The molecule has 0 unspecified atom stereocenters. The number of aryl methyl sites for hydroxylation is 1. The van der Waals surface area contributed by atoms with Crippen molar-refractivity contribution in [1.29, 1.82) is 0 Å². The fraction of sp³-hybridized carbons (Fsp3) is 0.333. The highest BCUT2D eigenvalue weighted by molar-refractivity contribution is 5.87. The van der Waals surface area contributed by atoms with Crippen molar-refractivity contribution in [3.8, 4) is 0 Å². The Morgan fingerprint density at radius 2 is 2.00 bits per heavy atom. The van der Waals surface area contributed by atoms with Crippen molar-refractivity contribution in [3.63, 3.8) is 0 Å². The summed E-state index contributed by atoms with van der Waals surface area (Å²) in [7, 11) is 0. The lowest BCUT2D eigenvalue weighted by atomic mass is 10.2. The highest BCUT2D eigenvalue weighted by Crippen LogP contribution is 2.17. The topological polar surface area (TPSA) is 51.8 Å². The molecule has 1 aromatic carbocycles. The molecule has 0 aliphatic rings. The average Bonchev–Trinajstić information content (AvgIpc) is 2.26. The molecule has 78 valence electrons. The van der Waals surface area contributed by atoms with Crippen molar-refractivity contribution in [2.45, 2.75) is 26.2 Å². The van der Waals surface area contributed by atoms with Crippen LogP contribution in [0.15, 0.2) is 24.3 Å². The monoisotopic (exact) mass is 201 g/mol. The van der Waals surface area contributed by atoms with E-state index in [9.17, 15) is 0 Å². The summed E-state index contributed by atoms with van der Waals surface area (Å²) in [5, 5.41) is 0.942. The zero-order valence-corrected chi connectivity index (χ0v) is 8.90. The summed E-state index contributed by atoms with van der Waals surface area (Å²) in [6.45, 7) is 2.16. The third-order valence-corrected chi connectivity index (χ3v) is 2.43. The summed E-state index contributed by atoms with van der Waals surface area (Å²) < 4.78 is 0. The van der Waals surface area contributed by atoms with Gasteiger partial charge in [-0.3, -0.25) is 0 Å². The molecule has 0 atom stereocenters. The van der Waals surface area contributed by atoms with Crippen molar-refractivity contribution in [2.75, 3.05) is 5.73 Å². The molecular weight excluding hydrogens is 186 g/mol. The smallest absolute Gasteiger partial charge is 0.135 e. The largest absolute Gasteiger partial charge is 0.383 e. The summed E-state index contributed by atoms with van der Waals surface area (Å²) in [6.07, 6.45) is 3.17. The second kappa shape index (κ2) is 4.26. The first-order valence-corrected chi connectivity index (χ1v) is 5.32. The van der Waals surface area contributed by atoms with Gasteiger partial charge in [0.05, 0.1) is 5.52 Å². The summed E-state index contributed by atoms with van der Waals surface area (Å²) in [5.74, 6) is 1.44. The molecule has 0 aliphatic heterocycles. The molecule has 15 heavy (non-hydrogen) atoms. The maximum absolute atomic E-state index is 5.88. The first kappa shape index (κ1) is 9.90. The number of para-hydroxylation sites is 1. The first-order chi connectivity index (χ1) is 7.31. The number of hydrogen-bond acceptors (Lipinski definition) is 3. The molecule has 0 spiro atoms. The molecule has 2 rings (SSSR count). The van der Waals surface area contributed by atoms with Crippen molar-refractivity contribution in [3.05, 3.63) is 30.1 Å². The number of fused-ring (bicyclic) bond motifs is 1. The Morgan fingerprint density at radius 1 is 1.20 bits per heavy atom. The minimum absolute atomic E-state index is 0.590. The Morgan fingerprint density at radius 3 is 2.80 bits per heavy atom. The summed E-state index contributed by atoms with van der Waals surface area (Å²) >= 11 is 0. The predicted octanol–water partition coefficient (Wildman–Crippen LogP) is 2.55. The van der Waals surface area contributed by atoms with E-state index in [2.05, 4.69) is 16.9 Å². The van der Waals surface area contributed by atoms with Crippen LogP contribution in [0.1, 0.15) is 25.6 Å². The fourth-order valence-electron chi connectivity index (χ4n) is 1.60. The molecule has 1 heterocycles. The van der Waals surface area contributed by atoms with Gasteiger partial charge in [0.25, 0.3) is 0 Å². The van der Waals surface area contributed by atoms with Gasteiger partial charge in [-0.25, -0.2) is 9.97 Å². The molecule has 0 bridgehead atoms. The summed E-state index contributed by atoms with van der Waals surface area (Å²) in [5.41, 5.74) is 6.82. The quantitative estimate of drug-likeness (QED) is 0.830. The number of anilines is 1. The van der Waals surface area contributed by atoms with Crippen LogP contribution < -0.4 is 5.73 Å². The normalized spacial score (nSPS) is 10.7. The molecule has 0 saturated heterocycles. The summed E-state index contributed by atoms with van der Waals surface area (Å²) in [4.78, 5) is 8.79. The third kappa shape index (κ3) is 2.06. The van der Waals surface area contributed by atoms with Crippen LogP contribution in [0.25, 0.3) is 10.9 Å². The molecular formula is C12H15N3. The molecule has 3 heteroatoms. The lowest BCUT2D eigenvalue weighted by molar-refractivity contribution is 0.758. The van der Waals surface area contributed by atoms with E-state index in [1.54, 1.807) is 0 Å². The molecule has 0 aliphatic carbocycles. The third-order valence-electron chi connectivity index (χ3n) is 2.43. The molecule has 0 radical (unpaired) electrons. The maximum Gasteiger partial charge on any atom is 0.135 e. The van der Waals surface area contributed by atoms with Gasteiger partial charge in [-0.05, 0) is 18.6 Å². The van der Waals surface area contributed by atoms with E-state index in [0.29, 0.717) is 5.82 Å². The molecule has 2 aromatic rings. The van der Waals surface area contributed by atoms with Crippen LogP contribution in [0.5, 0.6) is 0 Å². The van der Waals surface area contributed by atoms with Crippen LogP contribution >= 0.6 is 0 Å². The van der Waals surface area contributed by atoms with Crippen molar-refractivity contribution < 1.29 is 0 Å². The number of benzene rings is 1. The molecule has 0 amide bonds. The number of unbranched alkanes of at least 4 members (excludes halogenated alkanes) is 1. The Hall–Kier alpha value is -1.64. The minimum atomic E-state index is 0.590. The second-order valence-electron chi connectivity index (χ2n) is 3.65. The zero-order chi connectivity index (χ0) is 10.7. The van der Waals surface area contributed by atoms with Gasteiger partial charge in [-0.15, -0.1) is 0 Å². The number of nitrogen functional groups attached to an aromatic ring is 1. The number of aromatic nitrogens is 2. The second-order valence-corrected chi connectivity index (χ2v) is 3.65. The highest BCUT2D eigenvalue weighted by atomic mass is 14.9. The van der Waals surface area contributed by atoms with Crippen molar-refractivity contribution >= 4 is 16.7 Å². The zero-order valence-electron chi connectivity index (χ0n) is 8.90. The van der Waals surface area contributed by atoms with E-state index in [1.807, 2.05) is 24.3 Å². The summed E-state index contributed by atoms with van der Waals surface area (Å²) in [6, 6.07) is 7.85. The average molecular weight is 201 g/mol. The van der Waals surface area contributed by atoms with Gasteiger partial charge in [0.2, 0.25) is 0 Å². The van der Waals surface area contributed by atoms with Crippen LogP contribution in [0.3, 0.4) is 0 Å². The number of hydrogen-bond donors (Lipinski definition) is 1. The molecule has 0 fully saturated rings. The molecule has 2 N–H and O–H groups in total. The van der Waals surface area contributed by atoms with Crippen LogP contribution in [-0.2, 0) is 6.42 Å². The van der Waals surface area contributed by atoms with E-state index in [1.165, 1.54) is 0 Å². The van der Waals surface area contributed by atoms with E-state index in [4.69, 9.17) is 5.73 Å². The van der Waals surface area contributed by atoms with Crippen LogP contribution in [0.4, 0.5) is 5.82 Å². The van der Waals surface area contributed by atoms with Gasteiger partial charge < -0.3 is 5.73 Å². The van der Waals surface area contributed by atoms with Crippen LogP contribution in [0, 0.1) is 0 Å². The standard InChI is InChI=1S/C12H15N3/c1-2-3-8-11-14-10-7-5-4-6-9(10)12(13)15-11/h4-7H,2-3,8H2,1H3,(H2,13,14,15). The van der Waals surface area contributed by atoms with E-state index in [0.717, 1.165) is 36.0 Å². The minimum Gasteiger partial charge on any atom is -0.383 e. The van der Waals surface area contributed by atoms with E-state index < -0.39 is 0 Å². The molecule has 1 aromatic heterocycles. The lowest BCUT2D eigenvalue weighted by Gasteiger charge is -2.04. The first-order valence-electron chi connectivity index (χ1n) is 5.32. The van der Waals surface area contributed by atoms with Gasteiger partial charge in [-0.1, -0.05) is 25.5 Å². The van der Waals surface area contributed by atoms with E-state index in [-0.39, 0.29) is 0 Å². The Kier molecular flexibility index (Phi) is 2.81. The maximum atomic E-state index is 5.88. The number of nitrogens with two attached hydrogens (primary N) is 1. The SMILES string of the molecule is CCCCc1nc(N)c2ccccc2n1. The number of rotatable bonds is 3. The van der Waals surface area contributed by atoms with Gasteiger partial charge >= 0.3 is 0 Å². The Bertz CT molecular complexity index is 465. The highest BCUT2D eigenvalue weighted by Gasteiger charge is 2.03. The van der Waals surface area contributed by atoms with Gasteiger partial charge in [0, 0.05) is 11.8 Å². The fourth-order valence-corrected chi connectivity index (χ4v) is 1.60. The lowest BCUT2D eigenvalue weighted by Crippen LogP contribution is -2.00.